The zero-order chi connectivity index (χ0) is 14.8. The molecular weight excluding hydrogens is 313 g/mol. The molecule has 1 aliphatic heterocycles. The van der Waals surface area contributed by atoms with E-state index in [4.69, 9.17) is 26.8 Å². The van der Waals surface area contributed by atoms with E-state index in [2.05, 4.69) is 0 Å². The lowest BCUT2D eigenvalue weighted by Gasteiger charge is -2.10. The molecule has 0 bridgehead atoms. The average Bonchev–Trinajstić information content (AvgIpc) is 2.69. The van der Waals surface area contributed by atoms with Crippen molar-refractivity contribution in [1.82, 2.24) is 0 Å². The van der Waals surface area contributed by atoms with E-state index in [-0.39, 0.29) is 5.02 Å². The van der Waals surface area contributed by atoms with E-state index in [0.29, 0.717) is 29.5 Å². The first kappa shape index (κ1) is 14.4. The molecule has 2 N–H and O–H groups in total. The maximum atomic E-state index is 13.3. The van der Waals surface area contributed by atoms with Crippen LogP contribution in [-0.2, 0) is 0 Å². The number of rotatable bonds is 2. The number of fused-ring (bicyclic) bond motifs is 1. The molecule has 3 nitrogen and oxygen atoms in total. The average molecular weight is 326 g/mol. The number of nitrogens with two attached hydrogens (primary N) is 1. The van der Waals surface area contributed by atoms with Crippen LogP contribution < -0.4 is 15.2 Å². The molecule has 0 radical (unpaired) electrons. The summed E-state index contributed by atoms with van der Waals surface area (Å²) in [5.41, 5.74) is 6.18. The van der Waals surface area contributed by atoms with Crippen LogP contribution in [0, 0.1) is 5.82 Å². The SMILES string of the molecule is Nc1cc(F)c(Cl)cc1Sc1ccc2c(c1)OCCCO2. The fraction of sp³-hybridized carbons (Fsp3) is 0.200. The van der Waals surface area contributed by atoms with Crippen LogP contribution in [0.1, 0.15) is 6.42 Å². The van der Waals surface area contributed by atoms with Crippen molar-refractivity contribution in [2.75, 3.05) is 18.9 Å². The van der Waals surface area contributed by atoms with Crippen LogP contribution in [0.5, 0.6) is 11.5 Å². The third-order valence-electron chi connectivity index (χ3n) is 3.00. The lowest BCUT2D eigenvalue weighted by molar-refractivity contribution is 0.297. The largest absolute Gasteiger partial charge is 0.490 e. The monoisotopic (exact) mass is 325 g/mol. The molecular formula is C15H13ClFNO2S. The van der Waals surface area contributed by atoms with E-state index in [0.717, 1.165) is 17.1 Å². The minimum Gasteiger partial charge on any atom is -0.490 e. The van der Waals surface area contributed by atoms with Crippen LogP contribution in [0.15, 0.2) is 40.1 Å². The molecule has 0 saturated carbocycles. The Bertz CT molecular complexity index is 681. The van der Waals surface area contributed by atoms with Gasteiger partial charge in [-0.3, -0.25) is 0 Å². The minimum absolute atomic E-state index is 0.0565. The van der Waals surface area contributed by atoms with E-state index in [1.807, 2.05) is 18.2 Å². The van der Waals surface area contributed by atoms with Crippen molar-refractivity contribution < 1.29 is 13.9 Å². The van der Waals surface area contributed by atoms with E-state index >= 15 is 0 Å². The molecule has 3 rings (SSSR count). The molecule has 0 saturated heterocycles. The molecule has 1 heterocycles. The summed E-state index contributed by atoms with van der Waals surface area (Å²) < 4.78 is 24.5. The van der Waals surface area contributed by atoms with Gasteiger partial charge in [-0.05, 0) is 30.3 Å². The zero-order valence-corrected chi connectivity index (χ0v) is 12.6. The summed E-state index contributed by atoms with van der Waals surface area (Å²) in [6.45, 7) is 1.28. The van der Waals surface area contributed by atoms with Crippen molar-refractivity contribution in [3.8, 4) is 11.5 Å². The summed E-state index contributed by atoms with van der Waals surface area (Å²) in [7, 11) is 0. The molecule has 0 unspecified atom stereocenters. The van der Waals surface area contributed by atoms with Gasteiger partial charge in [0.25, 0.3) is 0 Å². The lowest BCUT2D eigenvalue weighted by Crippen LogP contribution is -1.97. The van der Waals surface area contributed by atoms with Crippen LogP contribution in [0.4, 0.5) is 10.1 Å². The fourth-order valence-electron chi connectivity index (χ4n) is 1.97. The van der Waals surface area contributed by atoms with Crippen molar-refractivity contribution >= 4 is 29.1 Å². The van der Waals surface area contributed by atoms with E-state index < -0.39 is 5.82 Å². The third kappa shape index (κ3) is 3.19. The van der Waals surface area contributed by atoms with Crippen LogP contribution in [0.25, 0.3) is 0 Å². The Labute approximate surface area is 131 Å². The first-order valence-electron chi connectivity index (χ1n) is 6.45. The Kier molecular flexibility index (Phi) is 4.12. The summed E-state index contributed by atoms with van der Waals surface area (Å²) in [4.78, 5) is 1.63. The van der Waals surface area contributed by atoms with Gasteiger partial charge in [0.2, 0.25) is 0 Å². The predicted octanol–water partition coefficient (Wildman–Crippen LogP) is 4.37. The summed E-state index contributed by atoms with van der Waals surface area (Å²) in [6, 6.07) is 8.43. The topological polar surface area (TPSA) is 44.5 Å². The number of anilines is 1. The summed E-state index contributed by atoms with van der Waals surface area (Å²) in [5.74, 6) is 0.934. The van der Waals surface area contributed by atoms with Gasteiger partial charge >= 0.3 is 0 Å². The van der Waals surface area contributed by atoms with Gasteiger partial charge in [-0.2, -0.15) is 0 Å². The highest BCUT2D eigenvalue weighted by Crippen LogP contribution is 2.39. The summed E-state index contributed by atoms with van der Waals surface area (Å²) in [6.07, 6.45) is 0.859. The van der Waals surface area contributed by atoms with Crippen molar-refractivity contribution in [1.29, 1.82) is 0 Å². The molecule has 2 aromatic carbocycles. The third-order valence-corrected chi connectivity index (χ3v) is 4.35. The molecule has 0 fully saturated rings. The fourth-order valence-corrected chi connectivity index (χ4v) is 3.10. The van der Waals surface area contributed by atoms with Crippen LogP contribution in [-0.4, -0.2) is 13.2 Å². The highest BCUT2D eigenvalue weighted by Gasteiger charge is 2.13. The van der Waals surface area contributed by atoms with Gasteiger partial charge in [0.15, 0.2) is 11.5 Å². The number of ether oxygens (including phenoxy) is 2. The minimum atomic E-state index is -0.517. The maximum absolute atomic E-state index is 13.3. The molecule has 0 amide bonds. The second-order valence-electron chi connectivity index (χ2n) is 4.57. The van der Waals surface area contributed by atoms with Crippen molar-refractivity contribution in [2.24, 2.45) is 0 Å². The maximum Gasteiger partial charge on any atom is 0.162 e. The smallest absolute Gasteiger partial charge is 0.162 e. The van der Waals surface area contributed by atoms with Gasteiger partial charge in [0, 0.05) is 21.9 Å². The van der Waals surface area contributed by atoms with Crippen LogP contribution in [0.2, 0.25) is 5.02 Å². The quantitative estimate of drug-likeness (QED) is 0.832. The van der Waals surface area contributed by atoms with Gasteiger partial charge in [-0.15, -0.1) is 0 Å². The van der Waals surface area contributed by atoms with E-state index in [1.54, 1.807) is 0 Å². The molecule has 21 heavy (non-hydrogen) atoms. The van der Waals surface area contributed by atoms with Gasteiger partial charge in [0.05, 0.1) is 18.2 Å². The number of hydrogen-bond acceptors (Lipinski definition) is 4. The zero-order valence-electron chi connectivity index (χ0n) is 11.1. The molecule has 0 atom stereocenters. The van der Waals surface area contributed by atoms with Gasteiger partial charge in [-0.25, -0.2) is 4.39 Å². The molecule has 6 heteroatoms. The Balaban J connectivity index is 1.88. The molecule has 2 aromatic rings. The van der Waals surface area contributed by atoms with Gasteiger partial charge < -0.3 is 15.2 Å². The Morgan fingerprint density at radius 3 is 2.67 bits per heavy atom. The van der Waals surface area contributed by atoms with Crippen LogP contribution >= 0.6 is 23.4 Å². The number of hydrogen-bond donors (Lipinski definition) is 1. The summed E-state index contributed by atoms with van der Waals surface area (Å²) in [5, 5.41) is 0.0565. The molecule has 0 aromatic heterocycles. The van der Waals surface area contributed by atoms with Crippen molar-refractivity contribution in [2.45, 2.75) is 16.2 Å². The molecule has 1 aliphatic rings. The first-order chi connectivity index (χ1) is 10.1. The van der Waals surface area contributed by atoms with Crippen LogP contribution in [0.3, 0.4) is 0 Å². The molecule has 110 valence electrons. The standard InChI is InChI=1S/C15H13ClFNO2S/c16-10-7-15(12(18)8-11(10)17)21-9-2-3-13-14(6-9)20-5-1-4-19-13/h2-3,6-8H,1,4-5,18H2. The highest BCUT2D eigenvalue weighted by atomic mass is 35.5. The number of halogens is 2. The lowest BCUT2D eigenvalue weighted by atomic mass is 10.3. The highest BCUT2D eigenvalue weighted by molar-refractivity contribution is 7.99. The van der Waals surface area contributed by atoms with Crippen molar-refractivity contribution in [3.05, 3.63) is 41.2 Å². The van der Waals surface area contributed by atoms with E-state index in [1.165, 1.54) is 23.9 Å². The second-order valence-corrected chi connectivity index (χ2v) is 6.09. The Morgan fingerprint density at radius 2 is 1.86 bits per heavy atom. The van der Waals surface area contributed by atoms with Gasteiger partial charge in [-0.1, -0.05) is 23.4 Å². The predicted molar refractivity (Wildman–Crippen MR) is 82.0 cm³/mol. The Morgan fingerprint density at radius 1 is 1.10 bits per heavy atom. The summed E-state index contributed by atoms with van der Waals surface area (Å²) >= 11 is 7.21. The molecule has 0 spiro atoms. The normalized spacial score (nSPS) is 13.8. The molecule has 0 aliphatic carbocycles. The second kappa shape index (κ2) is 6.03. The number of nitrogen functional groups attached to an aromatic ring is 1. The van der Waals surface area contributed by atoms with Gasteiger partial charge in [0.1, 0.15) is 5.82 Å². The van der Waals surface area contributed by atoms with E-state index in [9.17, 15) is 4.39 Å². The Hall–Kier alpha value is -1.59. The number of benzene rings is 2. The van der Waals surface area contributed by atoms with Crippen molar-refractivity contribution in [3.63, 3.8) is 0 Å². The first-order valence-corrected chi connectivity index (χ1v) is 7.65.